The molecule has 0 saturated heterocycles. The number of hydrogen-bond acceptors (Lipinski definition) is 6. The van der Waals surface area contributed by atoms with E-state index in [4.69, 9.17) is 0 Å². The van der Waals surface area contributed by atoms with Crippen LogP contribution in [0.5, 0.6) is 0 Å². The molecule has 0 aromatic heterocycles. The first-order valence-corrected chi connectivity index (χ1v) is 13.2. The molecule has 0 aliphatic heterocycles. The molecule has 0 fully saturated rings. The van der Waals surface area contributed by atoms with Crippen molar-refractivity contribution in [3.05, 3.63) is 41.0 Å². The van der Waals surface area contributed by atoms with Gasteiger partial charge in [-0.15, -0.1) is 0 Å². The van der Waals surface area contributed by atoms with Gasteiger partial charge in [0.15, 0.2) is 0 Å². The monoisotopic (exact) mass is 567 g/mol. The minimum absolute atomic E-state index is 0.513. The third kappa shape index (κ3) is 14.0. The van der Waals surface area contributed by atoms with Crippen molar-refractivity contribution in [1.29, 1.82) is 0 Å². The molecular formula is C25H39N3O6Zr. The molecule has 1 aliphatic carbocycles. The molecule has 1 aliphatic rings. The van der Waals surface area contributed by atoms with E-state index in [9.17, 15) is 29.7 Å². The molecule has 1 aromatic carbocycles. The Bertz CT molecular complexity index is 739. The van der Waals surface area contributed by atoms with Crippen LogP contribution in [-0.4, -0.2) is 72.2 Å². The Hall–Kier alpha value is -2.35. The molecule has 0 saturated carbocycles. The summed E-state index contributed by atoms with van der Waals surface area (Å²) in [5.74, 6) is 0. The van der Waals surface area contributed by atoms with Crippen LogP contribution in [0.1, 0.15) is 63.2 Å². The van der Waals surface area contributed by atoms with Gasteiger partial charge in [0.1, 0.15) is 18.3 Å². The predicted molar refractivity (Wildman–Crippen MR) is 128 cm³/mol. The Balaban J connectivity index is 0. The fraction of sp³-hybridized carbons (Fsp3) is 0.560. The van der Waals surface area contributed by atoms with Crippen LogP contribution in [0, 0.1) is 0 Å². The van der Waals surface area contributed by atoms with E-state index >= 15 is 0 Å². The summed E-state index contributed by atoms with van der Waals surface area (Å²) in [6.45, 7) is 16.0. The van der Waals surface area contributed by atoms with Gasteiger partial charge in [-0.05, 0) is 41.5 Å². The number of nitrogens with zero attached hydrogens (tertiary/aromatic N) is 3. The molecule has 0 spiro atoms. The molecule has 0 radical (unpaired) electrons. The van der Waals surface area contributed by atoms with Crippen LogP contribution in [0.2, 0.25) is 0 Å². The third-order valence-electron chi connectivity index (χ3n) is 5.21. The van der Waals surface area contributed by atoms with Gasteiger partial charge in [0.2, 0.25) is 0 Å². The Morgan fingerprint density at radius 1 is 0.714 bits per heavy atom. The second-order valence-corrected chi connectivity index (χ2v) is 8.68. The molecule has 3 amide bonds. The van der Waals surface area contributed by atoms with E-state index in [2.05, 4.69) is 37.3 Å². The Morgan fingerprint density at radius 3 is 1.26 bits per heavy atom. The maximum absolute atomic E-state index is 9.98. The smallest absolute Gasteiger partial charge is 0.136 e. The molecule has 1 aromatic rings. The summed E-state index contributed by atoms with van der Waals surface area (Å²) in [6.07, 6.45) is -0.964. The number of carboxylic acid groups (broad SMARTS) is 3. The molecular weight excluding hydrogens is 530 g/mol. The number of benzene rings is 1. The van der Waals surface area contributed by atoms with Gasteiger partial charge in [-0.3, -0.25) is 0 Å². The van der Waals surface area contributed by atoms with Crippen LogP contribution in [0.4, 0.5) is 14.4 Å². The van der Waals surface area contributed by atoms with E-state index in [0.29, 0.717) is 39.3 Å². The van der Waals surface area contributed by atoms with E-state index in [1.807, 2.05) is 0 Å². The minimum atomic E-state index is -1.09. The molecule has 1 unspecified atom stereocenters. The molecule has 10 heteroatoms. The van der Waals surface area contributed by atoms with Crippen molar-refractivity contribution in [3.8, 4) is 0 Å². The van der Waals surface area contributed by atoms with Crippen molar-refractivity contribution >= 4 is 24.4 Å². The molecule has 9 nitrogen and oxygen atoms in total. The fourth-order valence-corrected chi connectivity index (χ4v) is 3.78. The number of allylic oxidation sites excluding steroid dienone is 1. The van der Waals surface area contributed by atoms with Crippen molar-refractivity contribution in [2.45, 2.75) is 52.1 Å². The fourth-order valence-electron chi connectivity index (χ4n) is 2.92. The first-order chi connectivity index (χ1) is 16.4. The van der Waals surface area contributed by atoms with Crippen molar-refractivity contribution in [1.82, 2.24) is 14.7 Å². The molecule has 0 heterocycles. The number of carbonyl (C=O) groups is 3. The van der Waals surface area contributed by atoms with Gasteiger partial charge < -0.3 is 44.4 Å². The first kappa shape index (κ1) is 34.8. The van der Waals surface area contributed by atoms with Gasteiger partial charge >= 0.3 is 82.3 Å². The van der Waals surface area contributed by atoms with E-state index in [1.165, 1.54) is 31.4 Å². The number of fused-ring (bicyclic) bond motifs is 1. The maximum Gasteiger partial charge on any atom is 0.136 e. The largest absolute Gasteiger partial charge is 0.530 e. The summed E-state index contributed by atoms with van der Waals surface area (Å²) >= 11 is 1.60. The second-order valence-electron chi connectivity index (χ2n) is 7.26. The summed E-state index contributed by atoms with van der Waals surface area (Å²) in [5, 5.41) is 29.9. The maximum atomic E-state index is 9.98. The van der Waals surface area contributed by atoms with Crippen molar-refractivity contribution < 1.29 is 54.4 Å². The number of rotatable bonds is 6. The quantitative estimate of drug-likeness (QED) is 0.514. The first-order valence-electron chi connectivity index (χ1n) is 11.8. The number of amides is 3. The summed E-state index contributed by atoms with van der Waals surface area (Å²) in [7, 11) is 0. The average molecular weight is 569 g/mol. The minimum Gasteiger partial charge on any atom is -0.530 e. The summed E-state index contributed by atoms with van der Waals surface area (Å²) in [4.78, 5) is 33.6. The Labute approximate surface area is 225 Å². The van der Waals surface area contributed by atoms with E-state index in [1.54, 1.807) is 66.3 Å². The summed E-state index contributed by atoms with van der Waals surface area (Å²) in [6, 6.07) is 8.67. The van der Waals surface area contributed by atoms with Gasteiger partial charge in [0.05, 0.1) is 0 Å². The zero-order chi connectivity index (χ0) is 27.6. The normalized spacial score (nSPS) is 12.7. The van der Waals surface area contributed by atoms with Crippen molar-refractivity contribution in [2.24, 2.45) is 0 Å². The zero-order valence-electron chi connectivity index (χ0n) is 22.0. The van der Waals surface area contributed by atoms with Crippen LogP contribution in [0.15, 0.2) is 29.8 Å². The zero-order valence-corrected chi connectivity index (χ0v) is 24.5. The van der Waals surface area contributed by atoms with Gasteiger partial charge in [-0.25, -0.2) is 0 Å². The number of hydrogen-bond donors (Lipinski definition) is 0. The van der Waals surface area contributed by atoms with Crippen LogP contribution in [0.3, 0.4) is 0 Å². The molecule has 194 valence electrons. The van der Waals surface area contributed by atoms with Crippen molar-refractivity contribution in [2.75, 3.05) is 39.3 Å². The molecule has 1 atom stereocenters. The molecule has 2 rings (SSSR count). The molecule has 35 heavy (non-hydrogen) atoms. The topological polar surface area (TPSA) is 130 Å². The SMILES string of the molecule is CC1=Cc2ccccc2[CH]1[Zr+3].CCN(CC)C(=O)[O-].CCN(CC)C(=O)[O-].CCN(CC)C(=O)[O-]. The van der Waals surface area contributed by atoms with Gasteiger partial charge in [0, 0.05) is 39.3 Å². The molecule has 0 bridgehead atoms. The number of carbonyl (C=O) groups excluding carboxylic acids is 3. The van der Waals surface area contributed by atoms with Crippen LogP contribution in [0.25, 0.3) is 6.08 Å². The predicted octanol–water partition coefficient (Wildman–Crippen LogP) is 1.71. The summed E-state index contributed by atoms with van der Waals surface area (Å²) in [5.41, 5.74) is 4.46. The van der Waals surface area contributed by atoms with Gasteiger partial charge in [-0.1, -0.05) is 0 Å². The van der Waals surface area contributed by atoms with E-state index < -0.39 is 18.3 Å². The molecule has 0 N–H and O–H groups in total. The summed E-state index contributed by atoms with van der Waals surface area (Å²) < 4.78 is 0.721. The van der Waals surface area contributed by atoms with Gasteiger partial charge in [-0.2, -0.15) is 0 Å². The van der Waals surface area contributed by atoms with E-state index in [-0.39, 0.29) is 0 Å². The van der Waals surface area contributed by atoms with Crippen molar-refractivity contribution in [3.63, 3.8) is 0 Å². The van der Waals surface area contributed by atoms with Gasteiger partial charge in [0.25, 0.3) is 0 Å². The van der Waals surface area contributed by atoms with Crippen LogP contribution in [-0.2, 0) is 24.7 Å². The van der Waals surface area contributed by atoms with Crippen LogP contribution < -0.4 is 15.3 Å². The Morgan fingerprint density at radius 2 is 1.03 bits per heavy atom. The standard InChI is InChI=1S/C10H9.3C5H11NO2.Zr/c1-8-6-9-4-2-3-5-10(9)7-8;3*1-3-6(4-2)5(7)8;/h2-7H,1H3;3*3-4H2,1-2H3,(H,7,8);/q;;;;+3/p-3. The third-order valence-corrected chi connectivity index (χ3v) is 7.09. The average Bonchev–Trinajstić information content (AvgIpc) is 3.10. The van der Waals surface area contributed by atoms with Crippen LogP contribution >= 0.6 is 0 Å². The van der Waals surface area contributed by atoms with E-state index in [0.717, 1.165) is 3.63 Å². The second kappa shape index (κ2) is 19.9. The Kier molecular flexibility index (Phi) is 19.8.